The molecule has 1 aliphatic heterocycles. The van der Waals surface area contributed by atoms with Crippen LogP contribution in [0.3, 0.4) is 0 Å². The lowest BCUT2D eigenvalue weighted by Gasteiger charge is -2.49. The van der Waals surface area contributed by atoms with Crippen LogP contribution in [0.4, 0.5) is 0 Å². The number of nitrogens with zero attached hydrogens (tertiary/aromatic N) is 1. The van der Waals surface area contributed by atoms with Gasteiger partial charge in [-0.2, -0.15) is 4.02 Å². The standard InChI is InChI=1S/C16H23BrN2O9S/c1-7(20)24-6-16(5)13(27-10(4)23)11(25-8(2)21)12(26-9(3)22)14(28-16)29-15(18)19-17/h11-14H,6H2,1-5H3,(H2,18,19)/t11?,12-,13+,14+,16?/m1/s1. The Morgan fingerprint density at radius 3 is 1.97 bits per heavy atom. The van der Waals surface area contributed by atoms with Crippen molar-refractivity contribution < 1.29 is 42.9 Å². The van der Waals surface area contributed by atoms with E-state index in [1.165, 1.54) is 13.8 Å². The van der Waals surface area contributed by atoms with Crippen LogP contribution in [0.2, 0.25) is 0 Å². The van der Waals surface area contributed by atoms with Gasteiger partial charge in [0.2, 0.25) is 0 Å². The van der Waals surface area contributed by atoms with Crippen molar-refractivity contribution in [2.45, 2.75) is 64.0 Å². The van der Waals surface area contributed by atoms with Crippen LogP contribution in [0.15, 0.2) is 4.02 Å². The predicted molar refractivity (Wildman–Crippen MR) is 105 cm³/mol. The van der Waals surface area contributed by atoms with Gasteiger partial charge in [0.1, 0.15) is 12.2 Å². The molecule has 29 heavy (non-hydrogen) atoms. The molecular formula is C16H23BrN2O9S. The van der Waals surface area contributed by atoms with Gasteiger partial charge < -0.3 is 29.4 Å². The highest BCUT2D eigenvalue weighted by Crippen LogP contribution is 2.39. The Morgan fingerprint density at radius 2 is 1.52 bits per heavy atom. The van der Waals surface area contributed by atoms with E-state index in [9.17, 15) is 19.2 Å². The van der Waals surface area contributed by atoms with Crippen molar-refractivity contribution >= 4 is 57.0 Å². The predicted octanol–water partition coefficient (Wildman–Crippen LogP) is 0.817. The Hall–Kier alpha value is -1.86. The summed E-state index contributed by atoms with van der Waals surface area (Å²) in [6.45, 7) is 5.80. The van der Waals surface area contributed by atoms with Gasteiger partial charge in [0.25, 0.3) is 0 Å². The first-order valence-electron chi connectivity index (χ1n) is 8.33. The molecule has 0 spiro atoms. The zero-order chi connectivity index (χ0) is 22.4. The second-order valence-corrected chi connectivity index (χ2v) is 7.77. The second kappa shape index (κ2) is 10.8. The smallest absolute Gasteiger partial charge is 0.303 e. The van der Waals surface area contributed by atoms with Crippen LogP contribution in [-0.4, -0.2) is 65.0 Å². The third-order valence-electron chi connectivity index (χ3n) is 3.66. The van der Waals surface area contributed by atoms with E-state index >= 15 is 0 Å². The molecule has 1 heterocycles. The van der Waals surface area contributed by atoms with Crippen LogP contribution < -0.4 is 5.73 Å². The minimum absolute atomic E-state index is 0.0227. The van der Waals surface area contributed by atoms with Crippen LogP contribution in [-0.2, 0) is 42.9 Å². The van der Waals surface area contributed by atoms with Crippen LogP contribution in [0, 0.1) is 0 Å². The summed E-state index contributed by atoms with van der Waals surface area (Å²) < 4.78 is 30.7. The fourth-order valence-corrected chi connectivity index (χ4v) is 3.81. The third-order valence-corrected chi connectivity index (χ3v) is 5.20. The summed E-state index contributed by atoms with van der Waals surface area (Å²) in [6.07, 6.45) is -3.73. The number of hydrogen-bond donors (Lipinski definition) is 1. The topological polar surface area (TPSA) is 153 Å². The molecule has 1 aliphatic rings. The Kier molecular flexibility index (Phi) is 9.36. The molecule has 0 radical (unpaired) electrons. The highest BCUT2D eigenvalue weighted by molar-refractivity contribution is 9.08. The van der Waals surface area contributed by atoms with E-state index in [1.807, 2.05) is 0 Å². The molecule has 164 valence electrons. The molecule has 0 saturated carbocycles. The van der Waals surface area contributed by atoms with Crippen molar-refractivity contribution in [3.8, 4) is 0 Å². The van der Waals surface area contributed by atoms with Gasteiger partial charge in [-0.05, 0) is 6.92 Å². The SMILES string of the molecule is CC(=O)OCC1(C)O[C@@H](SC(N)=NBr)[C@H](OC(C)=O)C(OC(C)=O)[C@@H]1OC(C)=O. The van der Waals surface area contributed by atoms with Gasteiger partial charge in [0, 0.05) is 27.7 Å². The third kappa shape index (κ3) is 7.48. The summed E-state index contributed by atoms with van der Waals surface area (Å²) in [7, 11) is 0. The zero-order valence-electron chi connectivity index (χ0n) is 16.5. The molecule has 0 bridgehead atoms. The maximum atomic E-state index is 11.7. The quantitative estimate of drug-likeness (QED) is 0.239. The first kappa shape index (κ1) is 25.2. The average Bonchev–Trinajstić information content (AvgIpc) is 2.58. The minimum atomic E-state index is -1.46. The highest BCUT2D eigenvalue weighted by Gasteiger charge is 2.58. The lowest BCUT2D eigenvalue weighted by atomic mass is 9.88. The zero-order valence-corrected chi connectivity index (χ0v) is 18.9. The normalized spacial score (nSPS) is 29.5. The monoisotopic (exact) mass is 498 g/mol. The first-order chi connectivity index (χ1) is 13.4. The lowest BCUT2D eigenvalue weighted by molar-refractivity contribution is -0.267. The van der Waals surface area contributed by atoms with Crippen LogP contribution >= 0.6 is 27.9 Å². The van der Waals surface area contributed by atoms with Crippen molar-refractivity contribution in [2.75, 3.05) is 6.61 Å². The molecule has 5 atom stereocenters. The number of rotatable bonds is 6. The van der Waals surface area contributed by atoms with Crippen molar-refractivity contribution in [2.24, 2.45) is 9.75 Å². The largest absolute Gasteiger partial charge is 0.463 e. The maximum absolute atomic E-state index is 11.7. The number of esters is 4. The Labute approximate surface area is 180 Å². The number of hydrogen-bond acceptors (Lipinski definition) is 11. The van der Waals surface area contributed by atoms with Gasteiger partial charge in [-0.25, -0.2) is 0 Å². The number of nitrogens with two attached hydrogens (primary N) is 1. The molecule has 1 fully saturated rings. The van der Waals surface area contributed by atoms with Crippen LogP contribution in [0.25, 0.3) is 0 Å². The van der Waals surface area contributed by atoms with Crippen molar-refractivity contribution in [3.05, 3.63) is 0 Å². The molecule has 2 unspecified atom stereocenters. The Bertz CT molecular complexity index is 689. The Morgan fingerprint density at radius 1 is 1.00 bits per heavy atom. The van der Waals surface area contributed by atoms with Crippen LogP contribution in [0.5, 0.6) is 0 Å². The molecule has 0 aromatic rings. The molecule has 0 aromatic carbocycles. The van der Waals surface area contributed by atoms with E-state index in [1.54, 1.807) is 0 Å². The molecule has 0 amide bonds. The lowest BCUT2D eigenvalue weighted by Crippen LogP contribution is -2.67. The summed E-state index contributed by atoms with van der Waals surface area (Å²) in [5.41, 5.74) is 3.25. The first-order valence-corrected chi connectivity index (χ1v) is 9.92. The number of halogens is 1. The molecule has 11 nitrogen and oxygen atoms in total. The second-order valence-electron chi connectivity index (χ2n) is 6.30. The summed E-state index contributed by atoms with van der Waals surface area (Å²) in [6, 6.07) is 0. The number of carbonyl (C=O) groups excluding carboxylic acids is 4. The molecular weight excluding hydrogens is 476 g/mol. The van der Waals surface area contributed by atoms with E-state index in [0.29, 0.717) is 0 Å². The van der Waals surface area contributed by atoms with E-state index in [2.05, 4.69) is 20.2 Å². The van der Waals surface area contributed by atoms with Gasteiger partial charge >= 0.3 is 23.9 Å². The van der Waals surface area contributed by atoms with E-state index in [0.717, 1.165) is 32.5 Å². The highest BCUT2D eigenvalue weighted by atomic mass is 79.9. The molecule has 0 aromatic heterocycles. The maximum Gasteiger partial charge on any atom is 0.303 e. The number of amidine groups is 1. The van der Waals surface area contributed by atoms with Gasteiger partial charge in [0.15, 0.2) is 28.9 Å². The van der Waals surface area contributed by atoms with Crippen molar-refractivity contribution in [1.82, 2.24) is 0 Å². The molecule has 13 heteroatoms. The molecule has 0 aliphatic carbocycles. The van der Waals surface area contributed by atoms with E-state index in [-0.39, 0.29) is 11.8 Å². The average molecular weight is 499 g/mol. The van der Waals surface area contributed by atoms with Crippen molar-refractivity contribution in [3.63, 3.8) is 0 Å². The van der Waals surface area contributed by atoms with Gasteiger partial charge in [-0.15, -0.1) is 0 Å². The van der Waals surface area contributed by atoms with Crippen LogP contribution in [0.1, 0.15) is 34.6 Å². The fraction of sp³-hybridized carbons (Fsp3) is 0.688. The van der Waals surface area contributed by atoms with Gasteiger partial charge in [-0.1, -0.05) is 11.8 Å². The van der Waals surface area contributed by atoms with Crippen molar-refractivity contribution in [1.29, 1.82) is 0 Å². The summed E-state index contributed by atoms with van der Waals surface area (Å²) in [4.78, 5) is 46.5. The number of thioether (sulfide) groups is 1. The van der Waals surface area contributed by atoms with E-state index < -0.39 is 53.2 Å². The summed E-state index contributed by atoms with van der Waals surface area (Å²) in [5, 5.41) is 0.0227. The number of carbonyl (C=O) groups is 4. The number of ether oxygens (including phenoxy) is 5. The molecule has 1 rings (SSSR count). The summed E-state index contributed by atoms with van der Waals surface area (Å²) in [5.74, 6) is -2.72. The molecule has 2 N–H and O–H groups in total. The van der Waals surface area contributed by atoms with Gasteiger partial charge in [-0.3, -0.25) is 19.2 Å². The van der Waals surface area contributed by atoms with Gasteiger partial charge in [0.05, 0.1) is 16.1 Å². The minimum Gasteiger partial charge on any atom is -0.463 e. The fourth-order valence-electron chi connectivity index (χ4n) is 2.67. The van der Waals surface area contributed by atoms with E-state index in [4.69, 9.17) is 29.4 Å². The molecule has 1 saturated heterocycles. The Balaban J connectivity index is 3.47. The summed E-state index contributed by atoms with van der Waals surface area (Å²) >= 11 is 3.71.